The molecule has 2 aliphatic rings. The first-order valence-corrected chi connectivity index (χ1v) is 11.6. The molecule has 0 N–H and O–H groups in total. The lowest BCUT2D eigenvalue weighted by Gasteiger charge is -2.38. The average Bonchev–Trinajstić information content (AvgIpc) is 3.28. The molecule has 4 rings (SSSR count). The number of imidazole rings is 1. The van der Waals surface area contributed by atoms with Crippen LogP contribution in [0.1, 0.15) is 12.8 Å². The fraction of sp³-hybridized carbons (Fsp3) is 0.556. The molecule has 1 unspecified atom stereocenters. The van der Waals surface area contributed by atoms with Gasteiger partial charge in [0.1, 0.15) is 6.33 Å². The lowest BCUT2D eigenvalue weighted by Crippen LogP contribution is -2.53. The van der Waals surface area contributed by atoms with Gasteiger partial charge in [-0.05, 0) is 25.0 Å². The van der Waals surface area contributed by atoms with Gasteiger partial charge in [0.05, 0.1) is 12.2 Å². The van der Waals surface area contributed by atoms with E-state index in [0.717, 1.165) is 25.2 Å². The van der Waals surface area contributed by atoms with Crippen molar-refractivity contribution in [2.75, 3.05) is 50.4 Å². The highest BCUT2D eigenvalue weighted by Crippen LogP contribution is 2.24. The number of carbonyl (C=O) groups excluding carboxylic acids is 1. The number of hydrogen-bond donors (Lipinski definition) is 0. The van der Waals surface area contributed by atoms with Gasteiger partial charge in [-0.2, -0.15) is 4.31 Å². The van der Waals surface area contributed by atoms with E-state index in [1.165, 1.54) is 10.6 Å². The van der Waals surface area contributed by atoms with Crippen LogP contribution in [0.5, 0.6) is 0 Å². The maximum atomic E-state index is 13.0. The van der Waals surface area contributed by atoms with Gasteiger partial charge in [0.15, 0.2) is 11.6 Å². The zero-order valence-electron chi connectivity index (χ0n) is 16.4. The molecule has 2 aromatic heterocycles. The second-order valence-electron chi connectivity index (χ2n) is 7.49. The van der Waals surface area contributed by atoms with E-state index >= 15 is 0 Å². The van der Waals surface area contributed by atoms with E-state index in [0.29, 0.717) is 38.5 Å². The molecule has 0 spiro atoms. The molecule has 1 atom stereocenters. The highest BCUT2D eigenvalue weighted by molar-refractivity contribution is 7.88. The monoisotopic (exact) mass is 419 g/mol. The van der Waals surface area contributed by atoms with Crippen LogP contribution in [-0.2, 0) is 14.8 Å². The van der Waals surface area contributed by atoms with E-state index in [1.807, 2.05) is 18.3 Å². The average molecular weight is 420 g/mol. The number of sulfonamides is 1. The van der Waals surface area contributed by atoms with Gasteiger partial charge in [0.2, 0.25) is 15.9 Å². The first-order chi connectivity index (χ1) is 13.9. The van der Waals surface area contributed by atoms with Crippen molar-refractivity contribution in [3.63, 3.8) is 0 Å². The van der Waals surface area contributed by atoms with Crippen LogP contribution in [0.15, 0.2) is 30.9 Å². The van der Waals surface area contributed by atoms with Crippen LogP contribution < -0.4 is 4.90 Å². The van der Waals surface area contributed by atoms with Crippen LogP contribution >= 0.6 is 0 Å². The van der Waals surface area contributed by atoms with Crippen LogP contribution in [0.4, 0.5) is 5.82 Å². The van der Waals surface area contributed by atoms with E-state index < -0.39 is 10.0 Å². The largest absolute Gasteiger partial charge is 0.354 e. The summed E-state index contributed by atoms with van der Waals surface area (Å²) in [5, 5.41) is 8.59. The maximum absolute atomic E-state index is 13.0. The Labute approximate surface area is 170 Å². The van der Waals surface area contributed by atoms with Crippen LogP contribution in [0.2, 0.25) is 0 Å². The Kier molecular flexibility index (Phi) is 5.50. The van der Waals surface area contributed by atoms with Crippen LogP contribution in [0.3, 0.4) is 0 Å². The molecule has 4 heterocycles. The minimum absolute atomic E-state index is 0.103. The fourth-order valence-electron chi connectivity index (χ4n) is 3.90. The van der Waals surface area contributed by atoms with Gasteiger partial charge < -0.3 is 9.80 Å². The van der Waals surface area contributed by atoms with Gasteiger partial charge in [-0.3, -0.25) is 9.36 Å². The van der Waals surface area contributed by atoms with Gasteiger partial charge >= 0.3 is 0 Å². The Morgan fingerprint density at radius 1 is 1.07 bits per heavy atom. The van der Waals surface area contributed by atoms with Crippen LogP contribution in [0, 0.1) is 5.92 Å². The molecule has 0 aliphatic carbocycles. The van der Waals surface area contributed by atoms with Crippen molar-refractivity contribution in [1.82, 2.24) is 29.0 Å². The van der Waals surface area contributed by atoms with E-state index in [9.17, 15) is 13.2 Å². The Balaban J connectivity index is 1.37. The minimum Gasteiger partial charge on any atom is -0.354 e. The van der Waals surface area contributed by atoms with Crippen molar-refractivity contribution >= 4 is 21.7 Å². The zero-order valence-corrected chi connectivity index (χ0v) is 17.2. The lowest BCUT2D eigenvalue weighted by molar-refractivity contribution is -0.137. The topological polar surface area (TPSA) is 105 Å². The van der Waals surface area contributed by atoms with Crippen molar-refractivity contribution in [3.05, 3.63) is 30.9 Å². The second-order valence-corrected chi connectivity index (χ2v) is 9.47. The quantitative estimate of drug-likeness (QED) is 0.686. The molecule has 11 heteroatoms. The lowest BCUT2D eigenvalue weighted by atomic mass is 9.96. The normalized spacial score (nSPS) is 21.3. The summed E-state index contributed by atoms with van der Waals surface area (Å²) in [5.74, 6) is 1.45. The number of piperidine rings is 1. The highest BCUT2D eigenvalue weighted by Gasteiger charge is 2.33. The van der Waals surface area contributed by atoms with Gasteiger partial charge in [-0.15, -0.1) is 10.2 Å². The molecule has 29 heavy (non-hydrogen) atoms. The predicted molar refractivity (Wildman–Crippen MR) is 107 cm³/mol. The molecule has 2 aromatic rings. The molecule has 10 nitrogen and oxygen atoms in total. The van der Waals surface area contributed by atoms with Crippen molar-refractivity contribution in [1.29, 1.82) is 0 Å². The van der Waals surface area contributed by atoms with E-state index in [4.69, 9.17) is 0 Å². The number of aromatic nitrogens is 4. The summed E-state index contributed by atoms with van der Waals surface area (Å²) in [6.45, 7) is 3.06. The van der Waals surface area contributed by atoms with Crippen molar-refractivity contribution < 1.29 is 13.2 Å². The third kappa shape index (κ3) is 4.40. The summed E-state index contributed by atoms with van der Waals surface area (Å²) in [4.78, 5) is 20.9. The standard InChI is InChI=1S/C18H25N7O3S/c1-29(27,28)25-11-9-22(10-12-25)18(26)15-3-2-7-23(13-15)16-4-5-17(21-20-16)24-8-6-19-14-24/h4-6,8,14-15H,2-3,7,9-13H2,1H3. The van der Waals surface area contributed by atoms with Gasteiger partial charge in [-0.25, -0.2) is 13.4 Å². The third-order valence-corrected chi connectivity index (χ3v) is 6.82. The SMILES string of the molecule is CS(=O)(=O)N1CCN(C(=O)C2CCCN(c3ccc(-n4ccnc4)nn3)C2)CC1. The van der Waals surface area contributed by atoms with E-state index in [1.54, 1.807) is 22.0 Å². The third-order valence-electron chi connectivity index (χ3n) is 5.52. The number of anilines is 1. The smallest absolute Gasteiger partial charge is 0.227 e. The van der Waals surface area contributed by atoms with E-state index in [-0.39, 0.29) is 11.8 Å². The number of rotatable bonds is 4. The van der Waals surface area contributed by atoms with Crippen LogP contribution in [0.25, 0.3) is 5.82 Å². The first kappa shape index (κ1) is 19.8. The summed E-state index contributed by atoms with van der Waals surface area (Å²) in [5.41, 5.74) is 0. The molecule has 0 saturated carbocycles. The predicted octanol–water partition coefficient (Wildman–Crippen LogP) is -0.0175. The summed E-state index contributed by atoms with van der Waals surface area (Å²) in [6.07, 6.45) is 8.12. The zero-order chi connectivity index (χ0) is 20.4. The maximum Gasteiger partial charge on any atom is 0.227 e. The Hall–Kier alpha value is -2.53. The van der Waals surface area contributed by atoms with Crippen molar-refractivity contribution in [3.8, 4) is 5.82 Å². The molecule has 2 saturated heterocycles. The number of hydrogen-bond acceptors (Lipinski definition) is 7. The number of carbonyl (C=O) groups is 1. The Bertz CT molecular complexity index is 938. The Morgan fingerprint density at radius 3 is 2.41 bits per heavy atom. The number of amides is 1. The van der Waals surface area contributed by atoms with Gasteiger partial charge in [0, 0.05) is 51.7 Å². The van der Waals surface area contributed by atoms with Crippen LogP contribution in [-0.4, -0.2) is 88.8 Å². The van der Waals surface area contributed by atoms with Gasteiger partial charge in [0.25, 0.3) is 0 Å². The summed E-state index contributed by atoms with van der Waals surface area (Å²) in [7, 11) is -3.20. The number of nitrogens with zero attached hydrogens (tertiary/aromatic N) is 7. The second kappa shape index (κ2) is 8.07. The van der Waals surface area contributed by atoms with E-state index in [2.05, 4.69) is 20.1 Å². The highest BCUT2D eigenvalue weighted by atomic mass is 32.2. The van der Waals surface area contributed by atoms with Gasteiger partial charge in [-0.1, -0.05) is 0 Å². The summed E-state index contributed by atoms with van der Waals surface area (Å²) < 4.78 is 26.5. The number of piperazine rings is 1. The molecule has 2 aliphatic heterocycles. The van der Waals surface area contributed by atoms with Crippen molar-refractivity contribution in [2.24, 2.45) is 5.92 Å². The molecule has 2 fully saturated rings. The fourth-order valence-corrected chi connectivity index (χ4v) is 4.73. The molecule has 0 radical (unpaired) electrons. The molecule has 1 amide bonds. The first-order valence-electron chi connectivity index (χ1n) is 9.73. The molecular weight excluding hydrogens is 394 g/mol. The molecule has 156 valence electrons. The molecule has 0 bridgehead atoms. The summed E-state index contributed by atoms with van der Waals surface area (Å²) >= 11 is 0. The molecule has 0 aromatic carbocycles. The molecular formula is C18H25N7O3S. The van der Waals surface area contributed by atoms with Crippen molar-refractivity contribution in [2.45, 2.75) is 12.8 Å². The summed E-state index contributed by atoms with van der Waals surface area (Å²) in [6, 6.07) is 3.81. The Morgan fingerprint density at radius 2 is 1.79 bits per heavy atom. The minimum atomic E-state index is -3.20.